The van der Waals surface area contributed by atoms with Gasteiger partial charge >= 0.3 is 6.03 Å². The maximum absolute atomic E-state index is 12.1. The van der Waals surface area contributed by atoms with E-state index in [1.165, 1.54) is 5.69 Å². The molecule has 128 valence electrons. The molecule has 0 spiro atoms. The van der Waals surface area contributed by atoms with Crippen molar-refractivity contribution in [3.63, 3.8) is 0 Å². The van der Waals surface area contributed by atoms with E-state index in [1.54, 1.807) is 26.2 Å². The number of piperidine rings is 1. The number of rotatable bonds is 6. The van der Waals surface area contributed by atoms with Gasteiger partial charge in [0.1, 0.15) is 5.75 Å². The number of benzene rings is 1. The van der Waals surface area contributed by atoms with Crippen LogP contribution >= 0.6 is 0 Å². The van der Waals surface area contributed by atoms with E-state index in [4.69, 9.17) is 9.47 Å². The van der Waals surface area contributed by atoms with Crippen LogP contribution in [0.3, 0.4) is 0 Å². The van der Waals surface area contributed by atoms with Crippen LogP contribution in [-0.2, 0) is 4.74 Å². The lowest BCUT2D eigenvalue weighted by atomic mass is 10.0. The van der Waals surface area contributed by atoms with E-state index < -0.39 is 0 Å². The van der Waals surface area contributed by atoms with Crippen molar-refractivity contribution in [1.82, 2.24) is 10.2 Å². The van der Waals surface area contributed by atoms with Gasteiger partial charge in [0.05, 0.1) is 13.7 Å². The normalized spacial score (nSPS) is 15.3. The lowest BCUT2D eigenvalue weighted by Gasteiger charge is -2.34. The number of carbonyl (C=O) groups is 1. The van der Waals surface area contributed by atoms with Crippen LogP contribution in [0.5, 0.6) is 5.75 Å². The summed E-state index contributed by atoms with van der Waals surface area (Å²) in [7, 11) is 5.11. The van der Waals surface area contributed by atoms with Crippen molar-refractivity contribution in [2.45, 2.75) is 18.9 Å². The molecule has 6 heteroatoms. The summed E-state index contributed by atoms with van der Waals surface area (Å²) in [6.07, 6.45) is 1.91. The first kappa shape index (κ1) is 17.4. The summed E-state index contributed by atoms with van der Waals surface area (Å²) in [6.45, 7) is 3.05. The number of nitrogens with zero attached hydrogens (tertiary/aromatic N) is 2. The Balaban J connectivity index is 1.78. The Morgan fingerprint density at radius 1 is 1.26 bits per heavy atom. The van der Waals surface area contributed by atoms with Gasteiger partial charge in [0, 0.05) is 45.5 Å². The minimum atomic E-state index is -0.0232. The zero-order chi connectivity index (χ0) is 16.7. The molecule has 0 aromatic heterocycles. The van der Waals surface area contributed by atoms with Gasteiger partial charge in [-0.3, -0.25) is 0 Å². The summed E-state index contributed by atoms with van der Waals surface area (Å²) in [4.78, 5) is 16.1. The Bertz CT molecular complexity index is 484. The molecule has 1 aliphatic rings. The van der Waals surface area contributed by atoms with Gasteiger partial charge in [-0.2, -0.15) is 0 Å². The molecule has 1 aromatic carbocycles. The zero-order valence-corrected chi connectivity index (χ0v) is 14.2. The van der Waals surface area contributed by atoms with Crippen molar-refractivity contribution in [3.8, 4) is 5.75 Å². The number of urea groups is 1. The molecule has 1 aromatic rings. The molecule has 1 aliphatic heterocycles. The maximum Gasteiger partial charge on any atom is 0.317 e. The average Bonchev–Trinajstić information content (AvgIpc) is 2.60. The van der Waals surface area contributed by atoms with Gasteiger partial charge in [0.15, 0.2) is 0 Å². The minimum Gasteiger partial charge on any atom is -0.497 e. The molecular formula is C17H27N3O3. The van der Waals surface area contributed by atoms with Crippen molar-refractivity contribution in [2.75, 3.05) is 52.4 Å². The molecule has 23 heavy (non-hydrogen) atoms. The first-order chi connectivity index (χ1) is 11.1. The molecule has 0 aliphatic carbocycles. The molecule has 0 unspecified atom stereocenters. The van der Waals surface area contributed by atoms with E-state index in [9.17, 15) is 4.79 Å². The fraction of sp³-hybridized carbons (Fsp3) is 0.588. The van der Waals surface area contributed by atoms with Crippen molar-refractivity contribution in [2.24, 2.45) is 0 Å². The third-order valence-electron chi connectivity index (χ3n) is 4.24. The van der Waals surface area contributed by atoms with E-state index >= 15 is 0 Å². The van der Waals surface area contributed by atoms with Crippen molar-refractivity contribution < 1.29 is 14.3 Å². The van der Waals surface area contributed by atoms with Gasteiger partial charge in [0.2, 0.25) is 0 Å². The number of anilines is 1. The number of amides is 2. The maximum atomic E-state index is 12.1. The Morgan fingerprint density at radius 3 is 2.48 bits per heavy atom. The molecule has 0 radical (unpaired) electrons. The largest absolute Gasteiger partial charge is 0.497 e. The van der Waals surface area contributed by atoms with Crippen molar-refractivity contribution in [3.05, 3.63) is 24.3 Å². The molecule has 1 saturated heterocycles. The first-order valence-electron chi connectivity index (χ1n) is 8.03. The lowest BCUT2D eigenvalue weighted by molar-refractivity contribution is 0.157. The fourth-order valence-electron chi connectivity index (χ4n) is 2.69. The molecule has 2 amide bonds. The molecule has 0 atom stereocenters. The van der Waals surface area contributed by atoms with Crippen molar-refractivity contribution >= 4 is 11.7 Å². The predicted molar refractivity (Wildman–Crippen MR) is 91.3 cm³/mol. The quantitative estimate of drug-likeness (QED) is 0.870. The molecule has 1 fully saturated rings. The highest BCUT2D eigenvalue weighted by molar-refractivity contribution is 5.74. The number of hydrogen-bond acceptors (Lipinski definition) is 4. The van der Waals surface area contributed by atoms with Crippen LogP contribution in [0.4, 0.5) is 10.5 Å². The molecular weight excluding hydrogens is 294 g/mol. The summed E-state index contributed by atoms with van der Waals surface area (Å²) in [5.41, 5.74) is 1.20. The van der Waals surface area contributed by atoms with E-state index in [0.29, 0.717) is 13.2 Å². The molecule has 2 rings (SSSR count). The predicted octanol–water partition coefficient (Wildman–Crippen LogP) is 1.95. The highest BCUT2D eigenvalue weighted by Crippen LogP contribution is 2.22. The second kappa shape index (κ2) is 8.62. The van der Waals surface area contributed by atoms with E-state index in [0.717, 1.165) is 31.7 Å². The first-order valence-corrected chi connectivity index (χ1v) is 8.03. The monoisotopic (exact) mass is 321 g/mol. The van der Waals surface area contributed by atoms with Gasteiger partial charge in [-0.15, -0.1) is 0 Å². The molecule has 0 saturated carbocycles. The highest BCUT2D eigenvalue weighted by atomic mass is 16.5. The summed E-state index contributed by atoms with van der Waals surface area (Å²) in [6, 6.07) is 8.33. The number of hydrogen-bond donors (Lipinski definition) is 1. The van der Waals surface area contributed by atoms with Crippen LogP contribution in [0.25, 0.3) is 0 Å². The van der Waals surface area contributed by atoms with Crippen LogP contribution in [0.2, 0.25) is 0 Å². The van der Waals surface area contributed by atoms with E-state index in [-0.39, 0.29) is 12.1 Å². The van der Waals surface area contributed by atoms with E-state index in [1.807, 2.05) is 12.1 Å². The summed E-state index contributed by atoms with van der Waals surface area (Å²) >= 11 is 0. The molecule has 1 heterocycles. The third kappa shape index (κ3) is 5.03. The van der Waals surface area contributed by atoms with Crippen molar-refractivity contribution in [1.29, 1.82) is 0 Å². The number of nitrogens with one attached hydrogen (secondary N) is 1. The SMILES string of the molecule is COCCN(C)C(=O)NC1CCN(c2ccc(OC)cc2)CC1. The number of ether oxygens (including phenoxy) is 2. The topological polar surface area (TPSA) is 54.0 Å². The molecule has 1 N–H and O–H groups in total. The summed E-state index contributed by atoms with van der Waals surface area (Å²) in [5, 5.41) is 3.10. The zero-order valence-electron chi connectivity index (χ0n) is 14.2. The second-order valence-corrected chi connectivity index (χ2v) is 5.82. The van der Waals surface area contributed by atoms with Gasteiger partial charge in [-0.1, -0.05) is 0 Å². The Labute approximate surface area is 138 Å². The van der Waals surface area contributed by atoms with E-state index in [2.05, 4.69) is 22.3 Å². The van der Waals surface area contributed by atoms with Crippen LogP contribution in [0, 0.1) is 0 Å². The minimum absolute atomic E-state index is 0.0232. The van der Waals surface area contributed by atoms with Gasteiger partial charge in [-0.25, -0.2) is 4.79 Å². The Kier molecular flexibility index (Phi) is 6.52. The Hall–Kier alpha value is -1.95. The lowest BCUT2D eigenvalue weighted by Crippen LogP contribution is -2.48. The number of likely N-dealkylation sites (N-methyl/N-ethyl adjacent to an activating group) is 1. The molecule has 6 nitrogen and oxygen atoms in total. The number of carbonyl (C=O) groups excluding carboxylic acids is 1. The smallest absolute Gasteiger partial charge is 0.317 e. The summed E-state index contributed by atoms with van der Waals surface area (Å²) < 4.78 is 10.2. The summed E-state index contributed by atoms with van der Waals surface area (Å²) in [5.74, 6) is 0.870. The van der Waals surface area contributed by atoms with Crippen LogP contribution in [0.15, 0.2) is 24.3 Å². The van der Waals surface area contributed by atoms with Crippen LogP contribution in [-0.4, -0.2) is 64.5 Å². The average molecular weight is 321 g/mol. The van der Waals surface area contributed by atoms with Gasteiger partial charge in [-0.05, 0) is 37.1 Å². The second-order valence-electron chi connectivity index (χ2n) is 5.82. The Morgan fingerprint density at radius 2 is 1.91 bits per heavy atom. The third-order valence-corrected chi connectivity index (χ3v) is 4.24. The van der Waals surface area contributed by atoms with Gasteiger partial charge in [0.25, 0.3) is 0 Å². The van der Waals surface area contributed by atoms with Gasteiger partial charge < -0.3 is 24.6 Å². The molecule has 0 bridgehead atoms. The fourth-order valence-corrected chi connectivity index (χ4v) is 2.69. The van der Waals surface area contributed by atoms with Crippen LogP contribution in [0.1, 0.15) is 12.8 Å². The standard InChI is InChI=1S/C17H27N3O3/c1-19(12-13-22-2)17(21)18-14-8-10-20(11-9-14)15-4-6-16(23-3)7-5-15/h4-7,14H,8-13H2,1-3H3,(H,18,21). The highest BCUT2D eigenvalue weighted by Gasteiger charge is 2.22. The van der Waals surface area contributed by atoms with Crippen LogP contribution < -0.4 is 15.0 Å². The number of methoxy groups -OCH3 is 2.